The summed E-state index contributed by atoms with van der Waals surface area (Å²) in [6.07, 6.45) is 7.23. The molecule has 0 atom stereocenters. The normalized spacial score (nSPS) is 12.7. The molecule has 0 aliphatic rings. The van der Waals surface area contributed by atoms with Crippen LogP contribution in [0.25, 0.3) is 50.0 Å². The zero-order valence-electron chi connectivity index (χ0n) is 30.5. The molecule has 4 heterocycles. The molecule has 6 nitrogen and oxygen atoms in total. The Morgan fingerprint density at radius 3 is 2.46 bits per heavy atom. The second kappa shape index (κ2) is 13.3. The Morgan fingerprint density at radius 1 is 0.840 bits per heavy atom. The summed E-state index contributed by atoms with van der Waals surface area (Å²) in [5.41, 5.74) is 6.97. The van der Waals surface area contributed by atoms with Crippen LogP contribution in [-0.2, 0) is 32.9 Å². The number of pyridine rings is 2. The first-order valence-electron chi connectivity index (χ1n) is 17.5. The largest absolute Gasteiger partial charge is 0.508 e. The van der Waals surface area contributed by atoms with E-state index < -0.39 is 6.37 Å². The van der Waals surface area contributed by atoms with Gasteiger partial charge in [0.15, 0.2) is 0 Å². The van der Waals surface area contributed by atoms with Gasteiger partial charge in [0.2, 0.25) is 0 Å². The summed E-state index contributed by atoms with van der Waals surface area (Å²) in [5.74, 6) is 1.61. The summed E-state index contributed by atoms with van der Waals surface area (Å²) < 4.78 is 29.7. The van der Waals surface area contributed by atoms with Crippen molar-refractivity contribution in [3.05, 3.63) is 145 Å². The molecule has 8 rings (SSSR count). The summed E-state index contributed by atoms with van der Waals surface area (Å²) >= 11 is 0. The van der Waals surface area contributed by atoms with E-state index in [4.69, 9.17) is 12.5 Å². The van der Waals surface area contributed by atoms with Gasteiger partial charge in [-0.05, 0) is 70.9 Å². The maximum Gasteiger partial charge on any atom is 0.268 e. The van der Waals surface area contributed by atoms with E-state index in [1.54, 1.807) is 12.4 Å². The van der Waals surface area contributed by atoms with Gasteiger partial charge >= 0.3 is 0 Å². The number of imidazole rings is 1. The maximum atomic E-state index is 8.67. The van der Waals surface area contributed by atoms with Crippen molar-refractivity contribution in [2.24, 2.45) is 5.92 Å². The van der Waals surface area contributed by atoms with Gasteiger partial charge in [-0.1, -0.05) is 106 Å². The fraction of sp³-hybridized carbons (Fsp3) is 0.186. The minimum Gasteiger partial charge on any atom is -0.508 e. The predicted octanol–water partition coefficient (Wildman–Crippen LogP) is 9.48. The quantitative estimate of drug-likeness (QED) is 0.119. The van der Waals surface area contributed by atoms with Crippen LogP contribution in [-0.4, -0.2) is 19.1 Å². The van der Waals surface area contributed by atoms with Crippen LogP contribution in [0.15, 0.2) is 116 Å². The van der Waals surface area contributed by atoms with Crippen molar-refractivity contribution in [2.45, 2.75) is 46.4 Å². The Hall–Kier alpha value is -5.06. The van der Waals surface area contributed by atoms with Gasteiger partial charge in [-0.2, -0.15) is 6.07 Å². The van der Waals surface area contributed by atoms with E-state index in [0.717, 1.165) is 44.3 Å². The third-order valence-electron chi connectivity index (χ3n) is 8.62. The van der Waals surface area contributed by atoms with Gasteiger partial charge in [0.1, 0.15) is 5.82 Å². The van der Waals surface area contributed by atoms with Crippen molar-refractivity contribution in [1.82, 2.24) is 19.1 Å². The van der Waals surface area contributed by atoms with Crippen LogP contribution >= 0.6 is 0 Å². The van der Waals surface area contributed by atoms with Crippen molar-refractivity contribution >= 4 is 32.8 Å². The van der Waals surface area contributed by atoms with Crippen molar-refractivity contribution in [1.29, 1.82) is 0 Å². The SMILES string of the molecule is [2H]C([2H])(c1cccc(-[n+]2[c-]n(-c3[c-]c(Oc4[c-]c5c(cc4)c4ccccc4n5-c4cc(C(C)(C)C)ccn4)cnc3)c3ccccc32)c1)C(C)C.[Pt]. The molecule has 0 fully saturated rings. The first-order valence-corrected chi connectivity index (χ1v) is 16.5. The van der Waals surface area contributed by atoms with E-state index in [2.05, 4.69) is 79.1 Å². The first-order chi connectivity index (χ1) is 24.5. The molecule has 0 radical (unpaired) electrons. The Balaban J connectivity index is 0.00000420. The average molecular weight is 837 g/mol. The first kappa shape index (κ1) is 31.0. The monoisotopic (exact) mass is 836 g/mol. The third kappa shape index (κ3) is 6.25. The number of hydrogen-bond acceptors (Lipinski definition) is 3. The fourth-order valence-electron chi connectivity index (χ4n) is 6.33. The molecule has 4 aromatic heterocycles. The van der Waals surface area contributed by atoms with Gasteiger partial charge < -0.3 is 18.9 Å². The molecule has 0 aliphatic heterocycles. The standard InChI is InChI=1S/C43H37N5O.Pt/c1-29(2)21-30-11-10-12-32(22-30)46-28-47(40-16-9-8-15-39(40)46)33-24-35(27-44-26-33)49-34-17-18-37-36-13-6-7-14-38(36)48(41(37)25-34)42-23-31(19-20-45-42)43(3,4)5;/h6-20,22-23,26-27,29H,21H2,1-5H3;/q-2;/i21D2;. The summed E-state index contributed by atoms with van der Waals surface area (Å²) in [6.45, 7) is 10.4. The topological polar surface area (TPSA) is 48.8 Å². The number of benzene rings is 4. The number of hydrogen-bond donors (Lipinski definition) is 0. The minimum absolute atomic E-state index is 0. The molecule has 0 saturated carbocycles. The van der Waals surface area contributed by atoms with E-state index in [9.17, 15) is 0 Å². The van der Waals surface area contributed by atoms with Gasteiger partial charge in [0, 0.05) is 47.0 Å². The molecule has 0 spiro atoms. The number of para-hydroxylation sites is 3. The zero-order valence-corrected chi connectivity index (χ0v) is 30.8. The molecular formula is C43H37N5OPt-2. The number of aromatic nitrogens is 5. The van der Waals surface area contributed by atoms with Gasteiger partial charge in [0.05, 0.1) is 16.7 Å². The summed E-state index contributed by atoms with van der Waals surface area (Å²) in [6, 6.07) is 39.1. The molecule has 8 aromatic rings. The molecular weight excluding hydrogens is 798 g/mol. The molecule has 0 saturated heterocycles. The summed E-state index contributed by atoms with van der Waals surface area (Å²) in [7, 11) is 0. The van der Waals surface area contributed by atoms with E-state index >= 15 is 0 Å². The van der Waals surface area contributed by atoms with Gasteiger partial charge in [-0.3, -0.25) is 4.57 Å². The molecule has 0 N–H and O–H groups in total. The molecule has 0 aliphatic carbocycles. The molecule has 4 aromatic carbocycles. The van der Waals surface area contributed by atoms with Gasteiger partial charge in [-0.25, -0.2) is 4.98 Å². The summed E-state index contributed by atoms with van der Waals surface area (Å²) in [5, 5.41) is 2.17. The van der Waals surface area contributed by atoms with Crippen LogP contribution in [0, 0.1) is 24.4 Å². The van der Waals surface area contributed by atoms with Crippen molar-refractivity contribution in [3.8, 4) is 28.7 Å². The predicted molar refractivity (Wildman–Crippen MR) is 195 cm³/mol. The summed E-state index contributed by atoms with van der Waals surface area (Å²) in [4.78, 5) is 9.31. The fourth-order valence-corrected chi connectivity index (χ4v) is 6.33. The molecule has 0 unspecified atom stereocenters. The van der Waals surface area contributed by atoms with Gasteiger partial charge in [-0.15, -0.1) is 23.6 Å². The van der Waals surface area contributed by atoms with Crippen LogP contribution in [0.2, 0.25) is 0 Å². The van der Waals surface area contributed by atoms with E-state index in [0.29, 0.717) is 22.7 Å². The number of fused-ring (bicyclic) bond motifs is 4. The van der Waals surface area contributed by atoms with Crippen molar-refractivity contribution in [2.75, 3.05) is 0 Å². The van der Waals surface area contributed by atoms with E-state index in [-0.39, 0.29) is 32.4 Å². The average Bonchev–Trinajstić information content (AvgIpc) is 3.68. The maximum absolute atomic E-state index is 8.67. The van der Waals surface area contributed by atoms with Crippen LogP contribution < -0.4 is 9.30 Å². The molecule has 0 bridgehead atoms. The minimum atomic E-state index is -1.47. The smallest absolute Gasteiger partial charge is 0.268 e. The molecule has 7 heteroatoms. The van der Waals surface area contributed by atoms with Crippen LogP contribution in [0.5, 0.6) is 11.5 Å². The Kier molecular flexibility index (Phi) is 8.26. The van der Waals surface area contributed by atoms with Gasteiger partial charge in [0.25, 0.3) is 6.33 Å². The molecule has 0 amide bonds. The van der Waals surface area contributed by atoms with Crippen LogP contribution in [0.4, 0.5) is 0 Å². The Labute approximate surface area is 310 Å². The van der Waals surface area contributed by atoms with E-state index in [1.165, 1.54) is 5.56 Å². The number of nitrogens with zero attached hydrogens (tertiary/aromatic N) is 5. The zero-order chi connectivity index (χ0) is 35.5. The van der Waals surface area contributed by atoms with Crippen LogP contribution in [0.3, 0.4) is 0 Å². The number of ether oxygens (including phenoxy) is 1. The molecule has 252 valence electrons. The third-order valence-corrected chi connectivity index (χ3v) is 8.62. The van der Waals surface area contributed by atoms with Crippen molar-refractivity contribution in [3.63, 3.8) is 0 Å². The second-order valence-corrected chi connectivity index (χ2v) is 13.6. The Bertz CT molecular complexity index is 2580. The van der Waals surface area contributed by atoms with E-state index in [1.807, 2.05) is 95.9 Å². The van der Waals surface area contributed by atoms with Crippen LogP contribution in [0.1, 0.15) is 48.5 Å². The molecule has 50 heavy (non-hydrogen) atoms. The second-order valence-electron chi connectivity index (χ2n) is 13.6. The Morgan fingerprint density at radius 2 is 1.64 bits per heavy atom. The number of rotatable bonds is 7. The van der Waals surface area contributed by atoms with Crippen molar-refractivity contribution < 1.29 is 33.1 Å².